The van der Waals surface area contributed by atoms with Crippen molar-refractivity contribution in [2.75, 3.05) is 10.6 Å². The highest BCUT2D eigenvalue weighted by Gasteiger charge is 2.19. The fourth-order valence-electron chi connectivity index (χ4n) is 3.73. The molecule has 0 saturated carbocycles. The van der Waals surface area contributed by atoms with E-state index in [0.717, 1.165) is 16.1 Å². The van der Waals surface area contributed by atoms with Gasteiger partial charge in [0.05, 0.1) is 5.25 Å². The Morgan fingerprint density at radius 1 is 0.744 bits per heavy atom. The average Bonchev–Trinajstić information content (AvgIpc) is 2.97. The number of nitrogens with one attached hydrogen (secondary N) is 3. The first-order chi connectivity index (χ1) is 19.0. The second kappa shape index (κ2) is 13.8. The minimum atomic E-state index is -0.459. The molecule has 4 rings (SSSR count). The van der Waals surface area contributed by atoms with Crippen LogP contribution < -0.4 is 16.0 Å². The molecule has 3 N–H and O–H groups in total. The van der Waals surface area contributed by atoms with Gasteiger partial charge in [-0.15, -0.1) is 11.8 Å². The van der Waals surface area contributed by atoms with Gasteiger partial charge in [0.2, 0.25) is 5.91 Å². The van der Waals surface area contributed by atoms with E-state index in [0.29, 0.717) is 17.7 Å². The molecule has 0 aliphatic rings. The number of hydrogen-bond acceptors (Lipinski definition) is 4. The molecule has 4 aromatic rings. The molecule has 0 bridgehead atoms. The topological polar surface area (TPSA) is 87.3 Å². The minimum Gasteiger partial charge on any atom is -0.325 e. The molecule has 0 aliphatic carbocycles. The Labute approximate surface area is 232 Å². The van der Waals surface area contributed by atoms with E-state index in [-0.39, 0.29) is 22.8 Å². The zero-order chi connectivity index (χ0) is 27.5. The van der Waals surface area contributed by atoms with Crippen molar-refractivity contribution in [2.45, 2.75) is 23.5 Å². The largest absolute Gasteiger partial charge is 0.325 e. The molecule has 1 atom stereocenters. The molecule has 7 heteroatoms. The van der Waals surface area contributed by atoms with Crippen LogP contribution in [0.25, 0.3) is 6.08 Å². The molecule has 0 aromatic heterocycles. The summed E-state index contributed by atoms with van der Waals surface area (Å²) in [4.78, 5) is 39.8. The number of para-hydroxylation sites is 1. The van der Waals surface area contributed by atoms with Gasteiger partial charge in [-0.05, 0) is 60.5 Å². The number of thioether (sulfide) groups is 1. The minimum absolute atomic E-state index is 0.0835. The molecule has 0 aliphatic heterocycles. The van der Waals surface area contributed by atoms with Crippen LogP contribution in [0.15, 0.2) is 126 Å². The van der Waals surface area contributed by atoms with Crippen LogP contribution in [0.5, 0.6) is 0 Å². The van der Waals surface area contributed by atoms with Crippen LogP contribution in [0, 0.1) is 0 Å². The van der Waals surface area contributed by atoms with E-state index in [4.69, 9.17) is 0 Å². The lowest BCUT2D eigenvalue weighted by Gasteiger charge is -2.16. The zero-order valence-corrected chi connectivity index (χ0v) is 22.3. The first-order valence-electron chi connectivity index (χ1n) is 12.6. The third kappa shape index (κ3) is 8.18. The van der Waals surface area contributed by atoms with E-state index >= 15 is 0 Å². The van der Waals surface area contributed by atoms with Crippen molar-refractivity contribution >= 4 is 46.9 Å². The summed E-state index contributed by atoms with van der Waals surface area (Å²) < 4.78 is 0. The molecule has 196 valence electrons. The lowest BCUT2D eigenvalue weighted by Crippen LogP contribution is -2.30. The van der Waals surface area contributed by atoms with Gasteiger partial charge in [-0.2, -0.15) is 0 Å². The number of benzene rings is 4. The summed E-state index contributed by atoms with van der Waals surface area (Å²) in [5, 5.41) is 8.27. The highest BCUT2D eigenvalue weighted by molar-refractivity contribution is 8.00. The van der Waals surface area contributed by atoms with Crippen molar-refractivity contribution in [3.8, 4) is 0 Å². The maximum atomic E-state index is 13.3. The van der Waals surface area contributed by atoms with Crippen LogP contribution in [0.1, 0.15) is 29.3 Å². The van der Waals surface area contributed by atoms with Gasteiger partial charge in [0.1, 0.15) is 5.70 Å². The van der Waals surface area contributed by atoms with Crippen molar-refractivity contribution in [3.63, 3.8) is 0 Å². The number of hydrogen-bond donors (Lipinski definition) is 3. The van der Waals surface area contributed by atoms with Crippen LogP contribution in [0.2, 0.25) is 0 Å². The molecule has 39 heavy (non-hydrogen) atoms. The molecule has 6 nitrogen and oxygen atoms in total. The van der Waals surface area contributed by atoms with Gasteiger partial charge in [0.25, 0.3) is 11.8 Å². The van der Waals surface area contributed by atoms with Gasteiger partial charge >= 0.3 is 0 Å². The van der Waals surface area contributed by atoms with Gasteiger partial charge in [0, 0.05) is 21.8 Å². The molecule has 0 spiro atoms. The third-order valence-electron chi connectivity index (χ3n) is 5.71. The van der Waals surface area contributed by atoms with Crippen LogP contribution in [0.3, 0.4) is 0 Å². The zero-order valence-electron chi connectivity index (χ0n) is 21.5. The Kier molecular flexibility index (Phi) is 9.69. The second-order valence-corrected chi connectivity index (χ2v) is 9.92. The first-order valence-corrected chi connectivity index (χ1v) is 13.5. The van der Waals surface area contributed by atoms with E-state index in [1.165, 1.54) is 11.8 Å². The summed E-state index contributed by atoms with van der Waals surface area (Å²) in [6, 6.07) is 34.7. The average molecular weight is 536 g/mol. The first kappa shape index (κ1) is 27.4. The molecule has 1 unspecified atom stereocenters. The van der Waals surface area contributed by atoms with Crippen LogP contribution in [0.4, 0.5) is 11.4 Å². The number of carbonyl (C=O) groups is 3. The van der Waals surface area contributed by atoms with Crippen molar-refractivity contribution in [1.82, 2.24) is 5.32 Å². The summed E-state index contributed by atoms with van der Waals surface area (Å²) in [7, 11) is 0. The molecule has 3 amide bonds. The van der Waals surface area contributed by atoms with E-state index in [1.807, 2.05) is 91.9 Å². The summed E-state index contributed by atoms with van der Waals surface area (Å²) in [6.07, 6.45) is 2.27. The molecule has 4 aromatic carbocycles. The Bertz CT molecular complexity index is 1440. The maximum Gasteiger partial charge on any atom is 0.272 e. The quantitative estimate of drug-likeness (QED) is 0.158. The van der Waals surface area contributed by atoms with Crippen LogP contribution in [-0.4, -0.2) is 23.0 Å². The van der Waals surface area contributed by atoms with Gasteiger partial charge < -0.3 is 16.0 Å². The SMILES string of the molecule is CCC(Sc1cccc(NC(=O)/C(=C/c2ccccc2)NC(=O)c2ccccc2)c1)C(=O)Nc1ccccc1. The highest BCUT2D eigenvalue weighted by Crippen LogP contribution is 2.28. The third-order valence-corrected chi connectivity index (χ3v) is 7.07. The summed E-state index contributed by atoms with van der Waals surface area (Å²) in [5.74, 6) is -0.925. The lowest BCUT2D eigenvalue weighted by molar-refractivity contribution is -0.116. The number of carbonyl (C=O) groups excluding carboxylic acids is 3. The van der Waals surface area contributed by atoms with Gasteiger partial charge in [-0.25, -0.2) is 0 Å². The predicted octanol–water partition coefficient (Wildman–Crippen LogP) is 6.61. The Hall–Kier alpha value is -4.62. The van der Waals surface area contributed by atoms with E-state index in [9.17, 15) is 14.4 Å². The Morgan fingerprint density at radius 2 is 1.36 bits per heavy atom. The van der Waals surface area contributed by atoms with E-state index in [1.54, 1.807) is 36.4 Å². The molecular weight excluding hydrogens is 506 g/mol. The monoisotopic (exact) mass is 535 g/mol. The Morgan fingerprint density at radius 3 is 2.03 bits per heavy atom. The second-order valence-electron chi connectivity index (χ2n) is 8.64. The van der Waals surface area contributed by atoms with Gasteiger partial charge in [-0.1, -0.05) is 79.7 Å². The standard InChI is InChI=1S/C32H29N3O3S/c1-2-29(32(38)33-25-17-10-5-11-18-25)39-27-20-12-19-26(22-27)34-31(37)28(21-23-13-6-3-7-14-23)35-30(36)24-15-8-4-9-16-24/h3-22,29H,2H2,1H3,(H,33,38)(H,34,37)(H,35,36)/b28-21-. The van der Waals surface area contributed by atoms with Crippen LogP contribution >= 0.6 is 11.8 Å². The van der Waals surface area contributed by atoms with Crippen molar-refractivity contribution in [3.05, 3.63) is 132 Å². The van der Waals surface area contributed by atoms with Crippen molar-refractivity contribution < 1.29 is 14.4 Å². The number of anilines is 2. The van der Waals surface area contributed by atoms with Crippen molar-refractivity contribution in [1.29, 1.82) is 0 Å². The molecule has 0 radical (unpaired) electrons. The van der Waals surface area contributed by atoms with E-state index in [2.05, 4.69) is 16.0 Å². The number of rotatable bonds is 10. The highest BCUT2D eigenvalue weighted by atomic mass is 32.2. The fourth-order valence-corrected chi connectivity index (χ4v) is 4.75. The summed E-state index contributed by atoms with van der Waals surface area (Å²) >= 11 is 1.43. The summed E-state index contributed by atoms with van der Waals surface area (Å²) in [5.41, 5.74) is 2.63. The van der Waals surface area contributed by atoms with Crippen molar-refractivity contribution in [2.24, 2.45) is 0 Å². The van der Waals surface area contributed by atoms with Gasteiger partial charge in [0.15, 0.2) is 0 Å². The predicted molar refractivity (Wildman–Crippen MR) is 158 cm³/mol. The fraction of sp³-hybridized carbons (Fsp3) is 0.0938. The molecule has 0 heterocycles. The normalized spacial score (nSPS) is 11.8. The maximum absolute atomic E-state index is 13.3. The Balaban J connectivity index is 1.48. The number of amides is 3. The van der Waals surface area contributed by atoms with E-state index < -0.39 is 5.91 Å². The van der Waals surface area contributed by atoms with Gasteiger partial charge in [-0.3, -0.25) is 14.4 Å². The molecule has 0 saturated heterocycles. The lowest BCUT2D eigenvalue weighted by atomic mass is 10.1. The van der Waals surface area contributed by atoms with Crippen LogP contribution in [-0.2, 0) is 9.59 Å². The smallest absolute Gasteiger partial charge is 0.272 e. The molecule has 0 fully saturated rings. The summed E-state index contributed by atoms with van der Waals surface area (Å²) in [6.45, 7) is 1.96. The molecular formula is C32H29N3O3S.